The Hall–Kier alpha value is -2.25. The number of non-ortho nitro benzene ring substituents is 1. The van der Waals surface area contributed by atoms with Crippen molar-refractivity contribution in [3.05, 3.63) is 57.9 Å². The van der Waals surface area contributed by atoms with Crippen LogP contribution in [0.5, 0.6) is 0 Å². The highest BCUT2D eigenvalue weighted by Crippen LogP contribution is 2.17. The van der Waals surface area contributed by atoms with E-state index in [0.717, 1.165) is 12.1 Å². The number of rotatable bonds is 7. The minimum atomic E-state index is -0.686. The molecule has 0 aliphatic carbocycles. The summed E-state index contributed by atoms with van der Waals surface area (Å²) >= 11 is 0. The van der Waals surface area contributed by atoms with E-state index in [4.69, 9.17) is 0 Å². The first-order valence-corrected chi connectivity index (χ1v) is 6.68. The van der Waals surface area contributed by atoms with E-state index in [1.807, 2.05) is 19.3 Å². The van der Waals surface area contributed by atoms with Crippen molar-refractivity contribution >= 4 is 5.69 Å². The average molecular weight is 290 g/mol. The highest BCUT2D eigenvalue weighted by Gasteiger charge is 2.10. The van der Waals surface area contributed by atoms with E-state index in [1.165, 1.54) is 12.1 Å². The quantitative estimate of drug-likeness (QED) is 0.454. The van der Waals surface area contributed by atoms with Gasteiger partial charge in [-0.3, -0.25) is 14.8 Å². The fourth-order valence-electron chi connectivity index (χ4n) is 1.99. The minimum absolute atomic E-state index is 0.0223. The van der Waals surface area contributed by atoms with Crippen molar-refractivity contribution in [1.82, 2.24) is 15.1 Å². The normalized spacial score (nSPS) is 12.3. The van der Waals surface area contributed by atoms with Crippen molar-refractivity contribution in [2.75, 3.05) is 13.1 Å². The molecule has 0 saturated heterocycles. The summed E-state index contributed by atoms with van der Waals surface area (Å²) in [7, 11) is 1.87. The SMILES string of the molecule is Cn1ccc(CCNCC(O)c2ccc([N+](=O)[O-])cc2)n1. The molecule has 1 atom stereocenters. The van der Waals surface area contributed by atoms with Gasteiger partial charge in [-0.1, -0.05) is 0 Å². The number of nitrogens with one attached hydrogen (secondary N) is 1. The minimum Gasteiger partial charge on any atom is -0.387 e. The second kappa shape index (κ2) is 6.96. The van der Waals surface area contributed by atoms with Gasteiger partial charge in [0.25, 0.3) is 5.69 Å². The fraction of sp³-hybridized carbons (Fsp3) is 0.357. The fourth-order valence-corrected chi connectivity index (χ4v) is 1.99. The van der Waals surface area contributed by atoms with Crippen LogP contribution in [-0.2, 0) is 13.5 Å². The number of aromatic nitrogens is 2. The second-order valence-corrected chi connectivity index (χ2v) is 4.80. The standard InChI is InChI=1S/C14H18N4O3/c1-17-9-7-12(16-17)6-8-15-10-14(19)11-2-4-13(5-3-11)18(20)21/h2-5,7,9,14-15,19H,6,8,10H2,1H3. The van der Waals surface area contributed by atoms with Crippen molar-refractivity contribution in [3.8, 4) is 0 Å². The molecule has 112 valence electrons. The van der Waals surface area contributed by atoms with Gasteiger partial charge in [0.1, 0.15) is 0 Å². The van der Waals surface area contributed by atoms with Gasteiger partial charge in [-0.15, -0.1) is 0 Å². The maximum absolute atomic E-state index is 10.6. The van der Waals surface area contributed by atoms with Crippen molar-refractivity contribution in [3.63, 3.8) is 0 Å². The maximum Gasteiger partial charge on any atom is 0.269 e. The van der Waals surface area contributed by atoms with Gasteiger partial charge in [0.2, 0.25) is 0 Å². The first kappa shape index (κ1) is 15.1. The zero-order valence-corrected chi connectivity index (χ0v) is 11.8. The molecule has 0 saturated carbocycles. The molecule has 7 heteroatoms. The predicted molar refractivity (Wildman–Crippen MR) is 77.8 cm³/mol. The second-order valence-electron chi connectivity index (χ2n) is 4.80. The summed E-state index contributed by atoms with van der Waals surface area (Å²) in [4.78, 5) is 10.1. The van der Waals surface area contributed by atoms with Gasteiger partial charge in [-0.25, -0.2) is 0 Å². The molecule has 21 heavy (non-hydrogen) atoms. The van der Waals surface area contributed by atoms with Crippen LogP contribution >= 0.6 is 0 Å². The van der Waals surface area contributed by atoms with E-state index in [-0.39, 0.29) is 5.69 Å². The number of aliphatic hydroxyl groups excluding tert-OH is 1. The highest BCUT2D eigenvalue weighted by molar-refractivity contribution is 5.33. The van der Waals surface area contributed by atoms with Crippen molar-refractivity contribution in [1.29, 1.82) is 0 Å². The molecule has 2 N–H and O–H groups in total. The highest BCUT2D eigenvalue weighted by atomic mass is 16.6. The van der Waals surface area contributed by atoms with Gasteiger partial charge in [-0.2, -0.15) is 5.10 Å². The van der Waals surface area contributed by atoms with E-state index in [0.29, 0.717) is 18.7 Å². The third kappa shape index (κ3) is 4.37. The number of nitro benzene ring substituents is 1. The van der Waals surface area contributed by atoms with Crippen LogP contribution in [0.25, 0.3) is 0 Å². The van der Waals surface area contributed by atoms with Gasteiger partial charge in [0.05, 0.1) is 16.7 Å². The first-order chi connectivity index (χ1) is 10.1. The van der Waals surface area contributed by atoms with Gasteiger partial charge in [0.15, 0.2) is 0 Å². The summed E-state index contributed by atoms with van der Waals surface area (Å²) in [6.07, 6.45) is 1.99. The van der Waals surface area contributed by atoms with Crippen LogP contribution in [0.4, 0.5) is 5.69 Å². The smallest absolute Gasteiger partial charge is 0.269 e. The van der Waals surface area contributed by atoms with Crippen molar-refractivity contribution in [2.24, 2.45) is 7.05 Å². The zero-order chi connectivity index (χ0) is 15.2. The van der Waals surface area contributed by atoms with Crippen LogP contribution in [0.3, 0.4) is 0 Å². The largest absolute Gasteiger partial charge is 0.387 e. The lowest BCUT2D eigenvalue weighted by Gasteiger charge is -2.11. The van der Waals surface area contributed by atoms with Gasteiger partial charge < -0.3 is 10.4 Å². The average Bonchev–Trinajstić information content (AvgIpc) is 2.89. The number of aryl methyl sites for hydroxylation is 1. The van der Waals surface area contributed by atoms with E-state index in [9.17, 15) is 15.2 Å². The Morgan fingerprint density at radius 2 is 2.10 bits per heavy atom. The topological polar surface area (TPSA) is 93.2 Å². The summed E-state index contributed by atoms with van der Waals surface area (Å²) < 4.78 is 1.75. The molecular weight excluding hydrogens is 272 g/mol. The lowest BCUT2D eigenvalue weighted by atomic mass is 10.1. The van der Waals surface area contributed by atoms with Crippen LogP contribution < -0.4 is 5.32 Å². The number of nitrogens with zero attached hydrogens (tertiary/aromatic N) is 3. The zero-order valence-electron chi connectivity index (χ0n) is 11.8. The molecule has 2 aromatic rings. The number of aliphatic hydroxyl groups is 1. The number of hydrogen-bond donors (Lipinski definition) is 2. The molecule has 2 rings (SSSR count). The number of hydrogen-bond acceptors (Lipinski definition) is 5. The Bertz CT molecular complexity index is 595. The molecule has 0 fully saturated rings. The summed E-state index contributed by atoms with van der Waals surface area (Å²) in [6, 6.07) is 7.89. The summed E-state index contributed by atoms with van der Waals surface area (Å²) in [5.41, 5.74) is 1.68. The third-order valence-corrected chi connectivity index (χ3v) is 3.15. The van der Waals surface area contributed by atoms with E-state index >= 15 is 0 Å². The molecule has 0 spiro atoms. The van der Waals surface area contributed by atoms with E-state index in [1.54, 1.807) is 16.8 Å². The molecule has 0 aliphatic rings. The van der Waals surface area contributed by atoms with Gasteiger partial charge in [-0.05, 0) is 23.8 Å². The molecular formula is C14H18N4O3. The molecule has 1 aromatic carbocycles. The Morgan fingerprint density at radius 1 is 1.38 bits per heavy atom. The van der Waals surface area contributed by atoms with Gasteiger partial charge in [0, 0.05) is 44.9 Å². The lowest BCUT2D eigenvalue weighted by molar-refractivity contribution is -0.384. The molecule has 0 bridgehead atoms. The molecule has 0 radical (unpaired) electrons. The van der Waals surface area contributed by atoms with Crippen LogP contribution in [0.15, 0.2) is 36.5 Å². The molecule has 1 heterocycles. The molecule has 0 aliphatic heterocycles. The number of benzene rings is 1. The maximum atomic E-state index is 10.6. The lowest BCUT2D eigenvalue weighted by Crippen LogP contribution is -2.23. The van der Waals surface area contributed by atoms with E-state index in [2.05, 4.69) is 10.4 Å². The Kier molecular flexibility index (Phi) is 5.02. The Morgan fingerprint density at radius 3 is 2.67 bits per heavy atom. The molecule has 1 unspecified atom stereocenters. The summed E-state index contributed by atoms with van der Waals surface area (Å²) in [6.45, 7) is 1.10. The summed E-state index contributed by atoms with van der Waals surface area (Å²) in [5, 5.41) is 28.0. The number of nitro groups is 1. The molecule has 7 nitrogen and oxygen atoms in total. The third-order valence-electron chi connectivity index (χ3n) is 3.15. The van der Waals surface area contributed by atoms with Crippen molar-refractivity contribution in [2.45, 2.75) is 12.5 Å². The van der Waals surface area contributed by atoms with Crippen LogP contribution in [0.1, 0.15) is 17.4 Å². The first-order valence-electron chi connectivity index (χ1n) is 6.68. The monoisotopic (exact) mass is 290 g/mol. The van der Waals surface area contributed by atoms with Crippen molar-refractivity contribution < 1.29 is 10.0 Å². The molecule has 1 aromatic heterocycles. The van der Waals surface area contributed by atoms with Crippen LogP contribution in [-0.4, -0.2) is 32.9 Å². The Labute approximate surface area is 122 Å². The van der Waals surface area contributed by atoms with Gasteiger partial charge >= 0.3 is 0 Å². The predicted octanol–water partition coefficient (Wildman–Crippen LogP) is 1.19. The molecule has 0 amide bonds. The summed E-state index contributed by atoms with van der Waals surface area (Å²) in [5.74, 6) is 0. The van der Waals surface area contributed by atoms with Crippen LogP contribution in [0.2, 0.25) is 0 Å². The van der Waals surface area contributed by atoms with Crippen LogP contribution in [0, 0.1) is 10.1 Å². The Balaban J connectivity index is 1.76. The van der Waals surface area contributed by atoms with E-state index < -0.39 is 11.0 Å².